The van der Waals surface area contributed by atoms with Crippen LogP contribution in [-0.2, 0) is 4.79 Å². The molecular formula is C9H8N2O2. The summed E-state index contributed by atoms with van der Waals surface area (Å²) in [5.74, 6) is 0. The third-order valence-electron chi connectivity index (χ3n) is 1.31. The molecule has 4 heteroatoms. The van der Waals surface area contributed by atoms with Crippen molar-refractivity contribution in [1.29, 1.82) is 0 Å². The second-order valence-electron chi connectivity index (χ2n) is 2.21. The predicted molar refractivity (Wildman–Crippen MR) is 49.2 cm³/mol. The first-order chi connectivity index (χ1) is 6.36. The number of carbonyl (C=O) groups is 1. The van der Waals surface area contributed by atoms with Gasteiger partial charge in [0.15, 0.2) is 6.29 Å². The van der Waals surface area contributed by atoms with Crippen LogP contribution in [-0.4, -0.2) is 22.6 Å². The summed E-state index contributed by atoms with van der Waals surface area (Å²) in [5, 5.41) is 8.51. The molecule has 0 fully saturated rings. The Morgan fingerprint density at radius 1 is 1.46 bits per heavy atom. The summed E-state index contributed by atoms with van der Waals surface area (Å²) >= 11 is 0. The maximum absolute atomic E-state index is 10.2. The molecule has 1 aromatic rings. The SMILES string of the molecule is O=C/C(C=Nc1ccncc1)=C\O. The summed E-state index contributed by atoms with van der Waals surface area (Å²) < 4.78 is 0. The first-order valence-electron chi connectivity index (χ1n) is 3.60. The Morgan fingerprint density at radius 3 is 2.69 bits per heavy atom. The number of aldehydes is 1. The van der Waals surface area contributed by atoms with Gasteiger partial charge in [-0.2, -0.15) is 0 Å². The highest BCUT2D eigenvalue weighted by atomic mass is 16.2. The Bertz CT molecular complexity index is 331. The number of allylic oxidation sites excluding steroid dienone is 1. The van der Waals surface area contributed by atoms with Crippen molar-refractivity contribution in [1.82, 2.24) is 4.98 Å². The number of carbonyl (C=O) groups excluding carboxylic acids is 1. The molecule has 0 aliphatic heterocycles. The van der Waals surface area contributed by atoms with Crippen LogP contribution in [0.4, 0.5) is 5.69 Å². The maximum atomic E-state index is 10.2. The predicted octanol–water partition coefficient (Wildman–Crippen LogP) is 1.42. The highest BCUT2D eigenvalue weighted by Crippen LogP contribution is 2.07. The highest BCUT2D eigenvalue weighted by Gasteiger charge is 1.88. The fourth-order valence-electron chi connectivity index (χ4n) is 0.673. The molecule has 0 atom stereocenters. The molecule has 1 N–H and O–H groups in total. The molecule has 0 aromatic carbocycles. The number of rotatable bonds is 3. The number of hydrogen-bond donors (Lipinski definition) is 1. The van der Waals surface area contributed by atoms with Crippen molar-refractivity contribution in [3.05, 3.63) is 36.4 Å². The molecule has 0 radical (unpaired) electrons. The van der Waals surface area contributed by atoms with Crippen LogP contribution in [0.15, 0.2) is 41.4 Å². The van der Waals surface area contributed by atoms with Gasteiger partial charge >= 0.3 is 0 Å². The fourth-order valence-corrected chi connectivity index (χ4v) is 0.673. The molecule has 4 nitrogen and oxygen atoms in total. The number of nitrogens with zero attached hydrogens (tertiary/aromatic N) is 2. The van der Waals surface area contributed by atoms with Crippen molar-refractivity contribution in [2.45, 2.75) is 0 Å². The minimum Gasteiger partial charge on any atom is -0.515 e. The van der Waals surface area contributed by atoms with Gasteiger partial charge in [-0.15, -0.1) is 0 Å². The largest absolute Gasteiger partial charge is 0.515 e. The number of aliphatic hydroxyl groups is 1. The molecule has 1 rings (SSSR count). The van der Waals surface area contributed by atoms with Gasteiger partial charge in [0.1, 0.15) is 0 Å². The minimum absolute atomic E-state index is 0.122. The minimum atomic E-state index is 0.122. The lowest BCUT2D eigenvalue weighted by molar-refractivity contribution is -0.104. The summed E-state index contributed by atoms with van der Waals surface area (Å²) in [5.41, 5.74) is 0.799. The van der Waals surface area contributed by atoms with E-state index in [1.165, 1.54) is 6.21 Å². The van der Waals surface area contributed by atoms with Crippen LogP contribution in [0.25, 0.3) is 0 Å². The van der Waals surface area contributed by atoms with Gasteiger partial charge in [-0.3, -0.25) is 14.8 Å². The zero-order chi connectivity index (χ0) is 9.52. The number of aliphatic hydroxyl groups excluding tert-OH is 1. The van der Waals surface area contributed by atoms with Crippen molar-refractivity contribution in [3.8, 4) is 0 Å². The molecule has 0 saturated heterocycles. The number of aliphatic imine (C=N–C) groups is 1. The Labute approximate surface area is 75.3 Å². The molecule has 0 amide bonds. The van der Waals surface area contributed by atoms with E-state index in [9.17, 15) is 4.79 Å². The summed E-state index contributed by atoms with van der Waals surface area (Å²) in [6, 6.07) is 3.38. The van der Waals surface area contributed by atoms with E-state index in [0.717, 1.165) is 0 Å². The van der Waals surface area contributed by atoms with E-state index in [4.69, 9.17) is 5.11 Å². The van der Waals surface area contributed by atoms with Crippen LogP contribution in [0.2, 0.25) is 0 Å². The van der Waals surface area contributed by atoms with Crippen LogP contribution < -0.4 is 0 Å². The lowest BCUT2D eigenvalue weighted by Gasteiger charge is -1.89. The summed E-state index contributed by atoms with van der Waals surface area (Å²) in [7, 11) is 0. The van der Waals surface area contributed by atoms with E-state index in [2.05, 4.69) is 9.98 Å². The molecule has 1 aromatic heterocycles. The second-order valence-corrected chi connectivity index (χ2v) is 2.21. The van der Waals surface area contributed by atoms with Crippen molar-refractivity contribution < 1.29 is 9.90 Å². The molecule has 0 unspecified atom stereocenters. The standard InChI is InChI=1S/C9H8N2O2/c12-6-8(7-13)5-11-9-1-3-10-4-2-9/h1-7,12H/b8-6-,11-5?. The van der Waals surface area contributed by atoms with Crippen molar-refractivity contribution in [2.24, 2.45) is 4.99 Å². The first-order valence-corrected chi connectivity index (χ1v) is 3.60. The lowest BCUT2D eigenvalue weighted by Crippen LogP contribution is -1.84. The van der Waals surface area contributed by atoms with Gasteiger partial charge in [-0.25, -0.2) is 0 Å². The van der Waals surface area contributed by atoms with Crippen molar-refractivity contribution in [2.75, 3.05) is 0 Å². The Hall–Kier alpha value is -1.97. The number of pyridine rings is 1. The van der Waals surface area contributed by atoms with Gasteiger partial charge in [0.25, 0.3) is 0 Å². The monoisotopic (exact) mass is 176 g/mol. The Kier molecular flexibility index (Phi) is 3.38. The second kappa shape index (κ2) is 4.82. The normalized spacial score (nSPS) is 11.8. The average molecular weight is 176 g/mol. The molecular weight excluding hydrogens is 168 g/mol. The van der Waals surface area contributed by atoms with Crippen LogP contribution in [0.1, 0.15) is 0 Å². The summed E-state index contributed by atoms with van der Waals surface area (Å²) in [6.45, 7) is 0. The quantitative estimate of drug-likeness (QED) is 0.328. The lowest BCUT2D eigenvalue weighted by atomic mass is 10.3. The van der Waals surface area contributed by atoms with Gasteiger partial charge in [0, 0.05) is 18.6 Å². The molecule has 0 aliphatic rings. The number of aromatic nitrogens is 1. The molecule has 0 aliphatic carbocycles. The van der Waals surface area contributed by atoms with E-state index < -0.39 is 0 Å². The number of hydrogen-bond acceptors (Lipinski definition) is 4. The fraction of sp³-hybridized carbons (Fsp3) is 0. The van der Waals surface area contributed by atoms with Gasteiger partial charge in [0.2, 0.25) is 0 Å². The Morgan fingerprint density at radius 2 is 2.15 bits per heavy atom. The van der Waals surface area contributed by atoms with Crippen LogP contribution in [0.5, 0.6) is 0 Å². The molecule has 66 valence electrons. The maximum Gasteiger partial charge on any atom is 0.154 e. The van der Waals surface area contributed by atoms with Crippen LogP contribution in [0.3, 0.4) is 0 Å². The van der Waals surface area contributed by atoms with Crippen molar-refractivity contribution >= 4 is 18.2 Å². The van der Waals surface area contributed by atoms with E-state index in [1.54, 1.807) is 24.5 Å². The van der Waals surface area contributed by atoms with E-state index in [0.29, 0.717) is 18.2 Å². The third-order valence-corrected chi connectivity index (χ3v) is 1.31. The van der Waals surface area contributed by atoms with Gasteiger partial charge in [-0.1, -0.05) is 0 Å². The highest BCUT2D eigenvalue weighted by molar-refractivity contribution is 6.02. The zero-order valence-corrected chi connectivity index (χ0v) is 6.79. The summed E-state index contributed by atoms with van der Waals surface area (Å²) in [4.78, 5) is 18.0. The molecule has 0 spiro atoms. The molecule has 0 saturated carbocycles. The van der Waals surface area contributed by atoms with Gasteiger partial charge < -0.3 is 5.11 Å². The zero-order valence-electron chi connectivity index (χ0n) is 6.79. The van der Waals surface area contributed by atoms with Gasteiger partial charge in [-0.05, 0) is 12.1 Å². The van der Waals surface area contributed by atoms with Crippen molar-refractivity contribution in [3.63, 3.8) is 0 Å². The summed E-state index contributed by atoms with van der Waals surface area (Å²) in [6.07, 6.45) is 5.69. The van der Waals surface area contributed by atoms with E-state index in [1.807, 2.05) is 0 Å². The third kappa shape index (κ3) is 2.86. The van der Waals surface area contributed by atoms with E-state index >= 15 is 0 Å². The molecule has 13 heavy (non-hydrogen) atoms. The molecule has 0 bridgehead atoms. The van der Waals surface area contributed by atoms with Gasteiger partial charge in [0.05, 0.1) is 17.5 Å². The topological polar surface area (TPSA) is 62.5 Å². The smallest absolute Gasteiger partial charge is 0.154 e. The molecule has 1 heterocycles. The Balaban J connectivity index is 2.74. The van der Waals surface area contributed by atoms with E-state index in [-0.39, 0.29) is 5.57 Å². The van der Waals surface area contributed by atoms with Crippen LogP contribution >= 0.6 is 0 Å². The van der Waals surface area contributed by atoms with Crippen LogP contribution in [0, 0.1) is 0 Å². The average Bonchev–Trinajstić information content (AvgIpc) is 2.21. The first kappa shape index (κ1) is 9.12.